The standard InChI is InChI=1S/C24H27NO2/c1-3-4-5-19-6-8-20(9-7-19)17-25-13-12-22-16-21(10-11-23(22)25)14-18(2)15-24(26)27/h6-13,15-16H,3-5,14,17H2,1-2H3,(H,26,27). The van der Waals surface area contributed by atoms with Gasteiger partial charge >= 0.3 is 5.97 Å². The summed E-state index contributed by atoms with van der Waals surface area (Å²) in [5.41, 5.74) is 5.90. The molecular formula is C24H27NO2. The van der Waals surface area contributed by atoms with Crippen molar-refractivity contribution >= 4 is 16.9 Å². The van der Waals surface area contributed by atoms with Crippen LogP contribution >= 0.6 is 0 Å². The van der Waals surface area contributed by atoms with Crippen molar-refractivity contribution < 1.29 is 9.90 Å². The van der Waals surface area contributed by atoms with Crippen LogP contribution in [0.15, 0.2) is 66.4 Å². The number of aromatic nitrogens is 1. The molecule has 140 valence electrons. The number of rotatable bonds is 8. The summed E-state index contributed by atoms with van der Waals surface area (Å²) < 4.78 is 2.26. The van der Waals surface area contributed by atoms with E-state index in [9.17, 15) is 4.79 Å². The number of hydrogen-bond acceptors (Lipinski definition) is 1. The summed E-state index contributed by atoms with van der Waals surface area (Å²) in [4.78, 5) is 10.8. The van der Waals surface area contributed by atoms with E-state index in [0.29, 0.717) is 6.42 Å². The minimum absolute atomic E-state index is 0.659. The van der Waals surface area contributed by atoms with Crippen LogP contribution in [0, 0.1) is 0 Å². The molecule has 2 aromatic carbocycles. The van der Waals surface area contributed by atoms with Gasteiger partial charge in [-0.25, -0.2) is 4.79 Å². The number of benzene rings is 2. The van der Waals surface area contributed by atoms with E-state index in [2.05, 4.69) is 66.2 Å². The Balaban J connectivity index is 1.73. The quantitative estimate of drug-likeness (QED) is 0.530. The molecule has 3 nitrogen and oxygen atoms in total. The smallest absolute Gasteiger partial charge is 0.328 e. The average molecular weight is 361 g/mol. The van der Waals surface area contributed by atoms with Crippen LogP contribution in [0.3, 0.4) is 0 Å². The topological polar surface area (TPSA) is 42.2 Å². The minimum Gasteiger partial charge on any atom is -0.478 e. The molecule has 0 saturated heterocycles. The maximum Gasteiger partial charge on any atom is 0.328 e. The van der Waals surface area contributed by atoms with E-state index in [0.717, 1.165) is 24.1 Å². The monoisotopic (exact) mass is 361 g/mol. The van der Waals surface area contributed by atoms with Gasteiger partial charge in [0, 0.05) is 24.3 Å². The molecule has 0 saturated carbocycles. The third-order valence-electron chi connectivity index (χ3n) is 4.88. The highest BCUT2D eigenvalue weighted by atomic mass is 16.4. The Hall–Kier alpha value is -2.81. The number of aliphatic carboxylic acids is 1. The van der Waals surface area contributed by atoms with Crippen molar-refractivity contribution in [3.05, 3.63) is 83.1 Å². The number of allylic oxidation sites excluding steroid dienone is 1. The van der Waals surface area contributed by atoms with Crippen molar-refractivity contribution in [1.82, 2.24) is 4.57 Å². The summed E-state index contributed by atoms with van der Waals surface area (Å²) >= 11 is 0. The van der Waals surface area contributed by atoms with Gasteiger partial charge in [0.2, 0.25) is 0 Å². The predicted molar refractivity (Wildman–Crippen MR) is 111 cm³/mol. The first-order valence-electron chi connectivity index (χ1n) is 9.61. The summed E-state index contributed by atoms with van der Waals surface area (Å²) in [5, 5.41) is 10.0. The van der Waals surface area contributed by atoms with E-state index in [1.165, 1.54) is 40.9 Å². The molecule has 0 aliphatic carbocycles. The minimum atomic E-state index is -0.888. The first kappa shape index (κ1) is 19.0. The summed E-state index contributed by atoms with van der Waals surface area (Å²) in [7, 11) is 0. The van der Waals surface area contributed by atoms with Gasteiger partial charge in [-0.2, -0.15) is 0 Å². The van der Waals surface area contributed by atoms with E-state index in [4.69, 9.17) is 5.11 Å². The Labute approximate surface area is 161 Å². The van der Waals surface area contributed by atoms with Gasteiger partial charge in [-0.05, 0) is 66.5 Å². The molecule has 0 aliphatic rings. The second kappa shape index (κ2) is 8.72. The van der Waals surface area contributed by atoms with Crippen molar-refractivity contribution in [2.75, 3.05) is 0 Å². The molecule has 0 amide bonds. The van der Waals surface area contributed by atoms with Gasteiger partial charge in [-0.3, -0.25) is 0 Å². The fourth-order valence-electron chi connectivity index (χ4n) is 3.47. The highest BCUT2D eigenvalue weighted by Crippen LogP contribution is 2.21. The number of fused-ring (bicyclic) bond motifs is 1. The van der Waals surface area contributed by atoms with Crippen LogP contribution in [0.5, 0.6) is 0 Å². The van der Waals surface area contributed by atoms with Gasteiger partial charge in [0.25, 0.3) is 0 Å². The van der Waals surface area contributed by atoms with Gasteiger partial charge in [0.1, 0.15) is 0 Å². The second-order valence-corrected chi connectivity index (χ2v) is 7.26. The first-order chi connectivity index (χ1) is 13.0. The molecule has 3 aromatic rings. The first-order valence-corrected chi connectivity index (χ1v) is 9.61. The number of carboxylic acid groups (broad SMARTS) is 1. The summed E-state index contributed by atoms with van der Waals surface area (Å²) in [5.74, 6) is -0.888. The Bertz CT molecular complexity index is 948. The fraction of sp³-hybridized carbons (Fsp3) is 0.292. The Morgan fingerprint density at radius 1 is 1.04 bits per heavy atom. The lowest BCUT2D eigenvalue weighted by atomic mass is 10.0. The molecule has 0 radical (unpaired) electrons. The van der Waals surface area contributed by atoms with Crippen molar-refractivity contribution in [2.24, 2.45) is 0 Å². The van der Waals surface area contributed by atoms with E-state index in [-0.39, 0.29) is 0 Å². The van der Waals surface area contributed by atoms with Crippen LogP contribution in [-0.4, -0.2) is 15.6 Å². The molecule has 1 N–H and O–H groups in total. The van der Waals surface area contributed by atoms with Gasteiger partial charge < -0.3 is 9.67 Å². The van der Waals surface area contributed by atoms with Crippen molar-refractivity contribution in [2.45, 2.75) is 46.1 Å². The van der Waals surface area contributed by atoms with Crippen molar-refractivity contribution in [3.63, 3.8) is 0 Å². The molecule has 0 fully saturated rings. The lowest BCUT2D eigenvalue weighted by molar-refractivity contribution is -0.131. The molecule has 3 heteroatoms. The summed E-state index contributed by atoms with van der Waals surface area (Å²) in [6.45, 7) is 4.93. The zero-order valence-electron chi connectivity index (χ0n) is 16.1. The van der Waals surface area contributed by atoms with Crippen molar-refractivity contribution in [1.29, 1.82) is 0 Å². The van der Waals surface area contributed by atoms with E-state index < -0.39 is 5.97 Å². The van der Waals surface area contributed by atoms with Crippen molar-refractivity contribution in [3.8, 4) is 0 Å². The van der Waals surface area contributed by atoms with E-state index in [1.54, 1.807) is 0 Å². The molecule has 27 heavy (non-hydrogen) atoms. The number of carbonyl (C=O) groups is 1. The number of hydrogen-bond donors (Lipinski definition) is 1. The van der Waals surface area contributed by atoms with Crippen LogP contribution in [0.1, 0.15) is 43.4 Å². The molecule has 0 aliphatic heterocycles. The van der Waals surface area contributed by atoms with Gasteiger partial charge in [-0.1, -0.05) is 49.2 Å². The zero-order valence-corrected chi connectivity index (χ0v) is 16.1. The SMILES string of the molecule is CCCCc1ccc(Cn2ccc3cc(CC(C)=CC(=O)O)ccc32)cc1. The van der Waals surface area contributed by atoms with Crippen LogP contribution in [-0.2, 0) is 24.2 Å². The average Bonchev–Trinajstić information content (AvgIpc) is 3.02. The van der Waals surface area contributed by atoms with E-state index >= 15 is 0 Å². The molecule has 0 atom stereocenters. The normalized spacial score (nSPS) is 11.9. The van der Waals surface area contributed by atoms with E-state index in [1.807, 2.05) is 6.92 Å². The van der Waals surface area contributed by atoms with Crippen LogP contribution in [0.2, 0.25) is 0 Å². The molecule has 1 heterocycles. The summed E-state index contributed by atoms with van der Waals surface area (Å²) in [6, 6.07) is 17.4. The highest BCUT2D eigenvalue weighted by molar-refractivity contribution is 5.82. The Kier molecular flexibility index (Phi) is 6.12. The Morgan fingerprint density at radius 2 is 1.74 bits per heavy atom. The van der Waals surface area contributed by atoms with Crippen LogP contribution in [0.25, 0.3) is 10.9 Å². The molecule has 1 aromatic heterocycles. The third-order valence-corrected chi connectivity index (χ3v) is 4.88. The third kappa shape index (κ3) is 5.10. The maximum atomic E-state index is 10.8. The lowest BCUT2D eigenvalue weighted by Crippen LogP contribution is -1.98. The number of carboxylic acids is 1. The van der Waals surface area contributed by atoms with Gasteiger partial charge in [0.15, 0.2) is 0 Å². The summed E-state index contributed by atoms with van der Waals surface area (Å²) in [6.07, 6.45) is 7.68. The van der Waals surface area contributed by atoms with Gasteiger partial charge in [0.05, 0.1) is 0 Å². The molecule has 0 unspecified atom stereocenters. The predicted octanol–water partition coefficient (Wildman–Crippen LogP) is 5.61. The molecule has 0 spiro atoms. The fourth-order valence-corrected chi connectivity index (χ4v) is 3.47. The highest BCUT2D eigenvalue weighted by Gasteiger charge is 2.05. The number of aryl methyl sites for hydroxylation is 1. The lowest BCUT2D eigenvalue weighted by Gasteiger charge is -2.08. The Morgan fingerprint density at radius 3 is 2.44 bits per heavy atom. The maximum absolute atomic E-state index is 10.8. The number of nitrogens with zero attached hydrogens (tertiary/aromatic N) is 1. The number of unbranched alkanes of at least 4 members (excludes halogenated alkanes) is 1. The van der Waals surface area contributed by atoms with Crippen LogP contribution < -0.4 is 0 Å². The molecule has 0 bridgehead atoms. The van der Waals surface area contributed by atoms with Gasteiger partial charge in [-0.15, -0.1) is 0 Å². The largest absolute Gasteiger partial charge is 0.478 e. The zero-order chi connectivity index (χ0) is 19.2. The molecular weight excluding hydrogens is 334 g/mol. The molecule has 3 rings (SSSR count). The van der Waals surface area contributed by atoms with Crippen LogP contribution in [0.4, 0.5) is 0 Å². The second-order valence-electron chi connectivity index (χ2n) is 7.26.